The fraction of sp³-hybridized carbons (Fsp3) is 0.250. The van der Waals surface area contributed by atoms with Gasteiger partial charge < -0.3 is 4.90 Å². The number of hydrogen-bond acceptors (Lipinski definition) is 1. The number of halogens is 2. The first-order chi connectivity index (χ1) is 7.59. The molecule has 84 valence electrons. The highest BCUT2D eigenvalue weighted by Gasteiger charge is 2.24. The Bertz CT molecular complexity index is 458. The van der Waals surface area contributed by atoms with Crippen LogP contribution in [0.4, 0.5) is 4.39 Å². The Labute approximate surface area is 102 Å². The van der Waals surface area contributed by atoms with Gasteiger partial charge in [0.15, 0.2) is 0 Å². The average molecular weight is 284 g/mol. The maximum Gasteiger partial charge on any atom is 0.227 e. The van der Waals surface area contributed by atoms with Gasteiger partial charge in [-0.1, -0.05) is 22.5 Å². The van der Waals surface area contributed by atoms with E-state index in [4.69, 9.17) is 0 Å². The SMILES string of the molecule is C=C(c1cc(F)ccc1Br)N1CCCC1=O. The van der Waals surface area contributed by atoms with Crippen LogP contribution in [0.1, 0.15) is 18.4 Å². The summed E-state index contributed by atoms with van der Waals surface area (Å²) < 4.78 is 13.9. The van der Waals surface area contributed by atoms with Crippen LogP contribution in [-0.4, -0.2) is 17.4 Å². The summed E-state index contributed by atoms with van der Waals surface area (Å²) in [6.07, 6.45) is 1.39. The molecular formula is C12H11BrFNO. The molecule has 16 heavy (non-hydrogen) atoms. The Kier molecular flexibility index (Phi) is 3.10. The molecule has 0 spiro atoms. The summed E-state index contributed by atoms with van der Waals surface area (Å²) >= 11 is 3.33. The van der Waals surface area contributed by atoms with E-state index < -0.39 is 0 Å². The first kappa shape index (κ1) is 11.3. The van der Waals surface area contributed by atoms with Gasteiger partial charge in [-0.15, -0.1) is 0 Å². The third kappa shape index (κ3) is 2.02. The first-order valence-electron chi connectivity index (χ1n) is 5.04. The number of hydrogen-bond donors (Lipinski definition) is 0. The van der Waals surface area contributed by atoms with Crippen molar-refractivity contribution in [2.45, 2.75) is 12.8 Å². The van der Waals surface area contributed by atoms with Gasteiger partial charge in [-0.3, -0.25) is 4.79 Å². The van der Waals surface area contributed by atoms with Gasteiger partial charge >= 0.3 is 0 Å². The van der Waals surface area contributed by atoms with Crippen molar-refractivity contribution < 1.29 is 9.18 Å². The lowest BCUT2D eigenvalue weighted by atomic mass is 10.1. The van der Waals surface area contributed by atoms with Crippen molar-refractivity contribution in [1.29, 1.82) is 0 Å². The fourth-order valence-electron chi connectivity index (χ4n) is 1.80. The minimum atomic E-state index is -0.328. The van der Waals surface area contributed by atoms with Crippen LogP contribution in [0.3, 0.4) is 0 Å². The normalized spacial score (nSPS) is 15.6. The molecule has 1 aliphatic rings. The molecule has 0 aliphatic carbocycles. The van der Waals surface area contributed by atoms with Crippen LogP contribution >= 0.6 is 15.9 Å². The molecule has 0 unspecified atom stereocenters. The number of amides is 1. The predicted octanol–water partition coefficient (Wildman–Crippen LogP) is 3.18. The molecule has 0 radical (unpaired) electrons. The van der Waals surface area contributed by atoms with Crippen molar-refractivity contribution in [2.75, 3.05) is 6.54 Å². The van der Waals surface area contributed by atoms with Crippen molar-refractivity contribution in [1.82, 2.24) is 4.90 Å². The van der Waals surface area contributed by atoms with E-state index in [1.54, 1.807) is 11.0 Å². The minimum Gasteiger partial charge on any atom is -0.312 e. The highest BCUT2D eigenvalue weighted by Crippen LogP contribution is 2.29. The van der Waals surface area contributed by atoms with Gasteiger partial charge in [0.2, 0.25) is 5.91 Å². The lowest BCUT2D eigenvalue weighted by Gasteiger charge is -2.19. The third-order valence-electron chi connectivity index (χ3n) is 2.64. The molecule has 0 bridgehead atoms. The van der Waals surface area contributed by atoms with Crippen LogP contribution in [-0.2, 0) is 4.79 Å². The van der Waals surface area contributed by atoms with Gasteiger partial charge in [0.25, 0.3) is 0 Å². The fourth-order valence-corrected chi connectivity index (χ4v) is 2.27. The van der Waals surface area contributed by atoms with Crippen molar-refractivity contribution >= 4 is 27.5 Å². The lowest BCUT2D eigenvalue weighted by molar-refractivity contribution is -0.124. The molecule has 1 fully saturated rings. The second-order valence-corrected chi connectivity index (χ2v) is 4.57. The summed E-state index contributed by atoms with van der Waals surface area (Å²) in [5.74, 6) is -0.271. The Hall–Kier alpha value is -1.16. The number of carbonyl (C=O) groups excluding carboxylic acids is 1. The molecule has 0 N–H and O–H groups in total. The second-order valence-electron chi connectivity index (χ2n) is 3.72. The summed E-state index contributed by atoms with van der Waals surface area (Å²) in [6, 6.07) is 4.38. The maximum absolute atomic E-state index is 13.1. The predicted molar refractivity (Wildman–Crippen MR) is 64.1 cm³/mol. The molecule has 1 aromatic rings. The topological polar surface area (TPSA) is 20.3 Å². The zero-order valence-electron chi connectivity index (χ0n) is 8.67. The number of carbonyl (C=O) groups is 1. The molecule has 4 heteroatoms. The van der Waals surface area contributed by atoms with Gasteiger partial charge in [0, 0.05) is 28.7 Å². The molecule has 0 saturated carbocycles. The van der Waals surface area contributed by atoms with Crippen LogP contribution < -0.4 is 0 Å². The Balaban J connectivity index is 2.33. The van der Waals surface area contributed by atoms with Crippen LogP contribution in [0.2, 0.25) is 0 Å². The van der Waals surface area contributed by atoms with Crippen LogP contribution in [0, 0.1) is 5.82 Å². The lowest BCUT2D eigenvalue weighted by Crippen LogP contribution is -2.22. The summed E-state index contributed by atoms with van der Waals surface area (Å²) in [5.41, 5.74) is 1.20. The third-order valence-corrected chi connectivity index (χ3v) is 3.33. The first-order valence-corrected chi connectivity index (χ1v) is 5.83. The van der Waals surface area contributed by atoms with Crippen molar-refractivity contribution in [3.8, 4) is 0 Å². The highest BCUT2D eigenvalue weighted by atomic mass is 79.9. The summed E-state index contributed by atoms with van der Waals surface area (Å²) in [6.45, 7) is 4.54. The summed E-state index contributed by atoms with van der Waals surface area (Å²) in [7, 11) is 0. The van der Waals surface area contributed by atoms with Crippen LogP contribution in [0.15, 0.2) is 29.3 Å². The van der Waals surface area contributed by atoms with E-state index in [1.165, 1.54) is 12.1 Å². The van der Waals surface area contributed by atoms with E-state index in [2.05, 4.69) is 22.5 Å². The highest BCUT2D eigenvalue weighted by molar-refractivity contribution is 9.10. The smallest absolute Gasteiger partial charge is 0.227 e. The van der Waals surface area contributed by atoms with Crippen molar-refractivity contribution in [3.63, 3.8) is 0 Å². The molecule has 0 aromatic heterocycles. The van der Waals surface area contributed by atoms with Crippen LogP contribution in [0.25, 0.3) is 5.70 Å². The van der Waals surface area contributed by atoms with Crippen LogP contribution in [0.5, 0.6) is 0 Å². The number of rotatable bonds is 2. The van der Waals surface area contributed by atoms with Crippen molar-refractivity contribution in [2.24, 2.45) is 0 Å². The van der Waals surface area contributed by atoms with Gasteiger partial charge in [0.1, 0.15) is 5.82 Å². The Morgan fingerprint density at radius 3 is 2.88 bits per heavy atom. The minimum absolute atomic E-state index is 0.0566. The molecular weight excluding hydrogens is 273 g/mol. The zero-order chi connectivity index (χ0) is 11.7. The average Bonchev–Trinajstić information content (AvgIpc) is 2.67. The molecule has 1 aliphatic heterocycles. The van der Waals surface area contributed by atoms with Gasteiger partial charge in [-0.2, -0.15) is 0 Å². The Morgan fingerprint density at radius 2 is 2.25 bits per heavy atom. The number of benzene rings is 1. The molecule has 1 saturated heterocycles. The van der Waals surface area contributed by atoms with Gasteiger partial charge in [-0.05, 0) is 24.6 Å². The summed E-state index contributed by atoms with van der Waals surface area (Å²) in [4.78, 5) is 13.2. The maximum atomic E-state index is 13.1. The molecule has 1 amide bonds. The summed E-state index contributed by atoms with van der Waals surface area (Å²) in [5, 5.41) is 0. The largest absolute Gasteiger partial charge is 0.312 e. The molecule has 1 heterocycles. The molecule has 2 rings (SSSR count). The van der Waals surface area contributed by atoms with E-state index in [0.29, 0.717) is 24.2 Å². The van der Waals surface area contributed by atoms with Gasteiger partial charge in [-0.25, -0.2) is 4.39 Å². The van der Waals surface area contributed by atoms with E-state index in [-0.39, 0.29) is 11.7 Å². The quantitative estimate of drug-likeness (QED) is 0.816. The molecule has 0 atom stereocenters. The monoisotopic (exact) mass is 283 g/mol. The second kappa shape index (κ2) is 4.37. The standard InChI is InChI=1S/C12H11BrFNO/c1-8(15-6-2-3-12(15)16)10-7-9(14)4-5-11(10)13/h4-5,7H,1-3,6H2. The zero-order valence-corrected chi connectivity index (χ0v) is 10.3. The molecule has 1 aromatic carbocycles. The van der Waals surface area contributed by atoms with Gasteiger partial charge in [0.05, 0.1) is 0 Å². The van der Waals surface area contributed by atoms with E-state index in [1.807, 2.05) is 0 Å². The van der Waals surface area contributed by atoms with E-state index in [0.717, 1.165) is 10.9 Å². The van der Waals surface area contributed by atoms with E-state index >= 15 is 0 Å². The van der Waals surface area contributed by atoms with Crippen molar-refractivity contribution in [3.05, 3.63) is 40.6 Å². The number of nitrogens with zero attached hydrogens (tertiary/aromatic N) is 1. The Morgan fingerprint density at radius 1 is 1.50 bits per heavy atom. The number of likely N-dealkylation sites (tertiary alicyclic amines) is 1. The van der Waals surface area contributed by atoms with E-state index in [9.17, 15) is 9.18 Å². The molecule has 2 nitrogen and oxygen atoms in total.